The summed E-state index contributed by atoms with van der Waals surface area (Å²) in [5.74, 6) is 1.57. The van der Waals surface area contributed by atoms with Gasteiger partial charge in [-0.1, -0.05) is 17.7 Å². The van der Waals surface area contributed by atoms with Crippen molar-refractivity contribution in [2.75, 3.05) is 37.7 Å². The van der Waals surface area contributed by atoms with Crippen LogP contribution in [0.1, 0.15) is 0 Å². The molecule has 1 fully saturated rings. The van der Waals surface area contributed by atoms with Gasteiger partial charge in [-0.25, -0.2) is 0 Å². The van der Waals surface area contributed by atoms with E-state index in [-0.39, 0.29) is 0 Å². The SMILES string of the molecule is ClC1COc2cccc(N3CCNCC3)c2O1. The summed E-state index contributed by atoms with van der Waals surface area (Å²) in [4.78, 5) is 2.30. The number of hydrogen-bond acceptors (Lipinski definition) is 4. The van der Waals surface area contributed by atoms with Gasteiger partial charge in [0, 0.05) is 26.2 Å². The molecule has 1 saturated heterocycles. The number of halogens is 1. The van der Waals surface area contributed by atoms with E-state index in [2.05, 4.69) is 16.3 Å². The van der Waals surface area contributed by atoms with Crippen molar-refractivity contribution >= 4 is 17.3 Å². The van der Waals surface area contributed by atoms with Gasteiger partial charge in [-0.05, 0) is 12.1 Å². The van der Waals surface area contributed by atoms with Gasteiger partial charge in [0.1, 0.15) is 6.61 Å². The van der Waals surface area contributed by atoms with E-state index in [4.69, 9.17) is 21.1 Å². The number of ether oxygens (including phenoxy) is 2. The Balaban J connectivity index is 1.93. The summed E-state index contributed by atoms with van der Waals surface area (Å²) in [6, 6.07) is 5.97. The second-order valence-electron chi connectivity index (χ2n) is 4.18. The lowest BCUT2D eigenvalue weighted by Crippen LogP contribution is -2.44. The fourth-order valence-corrected chi connectivity index (χ4v) is 2.36. The van der Waals surface area contributed by atoms with E-state index >= 15 is 0 Å². The van der Waals surface area contributed by atoms with Crippen LogP contribution in [-0.2, 0) is 0 Å². The number of rotatable bonds is 1. The van der Waals surface area contributed by atoms with Crippen molar-refractivity contribution in [3.8, 4) is 11.5 Å². The molecule has 5 heteroatoms. The Kier molecular flexibility index (Phi) is 2.99. The molecule has 1 atom stereocenters. The average molecular weight is 255 g/mol. The Labute approximate surface area is 105 Å². The van der Waals surface area contributed by atoms with Crippen LogP contribution in [0.2, 0.25) is 0 Å². The van der Waals surface area contributed by atoms with Gasteiger partial charge >= 0.3 is 0 Å². The highest BCUT2D eigenvalue weighted by atomic mass is 35.5. The fourth-order valence-electron chi connectivity index (χ4n) is 2.21. The standard InChI is InChI=1S/C12H15ClN2O2/c13-11-8-16-10-3-1-2-9(12(10)17-11)15-6-4-14-5-7-15/h1-3,11,14H,4-8H2. The molecule has 3 rings (SSSR count). The molecule has 0 saturated carbocycles. The van der Waals surface area contributed by atoms with Crippen molar-refractivity contribution in [1.82, 2.24) is 5.32 Å². The molecule has 92 valence electrons. The molecular formula is C12H15ClN2O2. The quantitative estimate of drug-likeness (QED) is 0.769. The third-order valence-corrected chi connectivity index (χ3v) is 3.25. The maximum Gasteiger partial charge on any atom is 0.206 e. The van der Waals surface area contributed by atoms with Crippen molar-refractivity contribution in [1.29, 1.82) is 0 Å². The molecule has 1 N–H and O–H groups in total. The van der Waals surface area contributed by atoms with Crippen LogP contribution in [0, 0.1) is 0 Å². The second-order valence-corrected chi connectivity index (χ2v) is 4.67. The molecule has 0 aromatic heterocycles. The number of piperazine rings is 1. The Bertz CT molecular complexity index is 407. The van der Waals surface area contributed by atoms with E-state index in [1.165, 1.54) is 0 Å². The van der Waals surface area contributed by atoms with Gasteiger partial charge in [0.05, 0.1) is 5.69 Å². The largest absolute Gasteiger partial charge is 0.484 e. The minimum atomic E-state index is -0.397. The third-order valence-electron chi connectivity index (χ3n) is 3.03. The van der Waals surface area contributed by atoms with Crippen LogP contribution in [-0.4, -0.2) is 38.3 Å². The number of benzene rings is 1. The van der Waals surface area contributed by atoms with Crippen molar-refractivity contribution < 1.29 is 9.47 Å². The van der Waals surface area contributed by atoms with Gasteiger partial charge in [-0.15, -0.1) is 0 Å². The molecule has 1 aromatic carbocycles. The molecule has 17 heavy (non-hydrogen) atoms. The van der Waals surface area contributed by atoms with E-state index in [0.29, 0.717) is 6.61 Å². The Morgan fingerprint density at radius 2 is 2.12 bits per heavy atom. The van der Waals surface area contributed by atoms with Crippen molar-refractivity contribution in [2.24, 2.45) is 0 Å². The highest BCUT2D eigenvalue weighted by molar-refractivity contribution is 6.20. The Morgan fingerprint density at radius 1 is 1.29 bits per heavy atom. The summed E-state index contributed by atoms with van der Waals surface area (Å²) >= 11 is 5.98. The van der Waals surface area contributed by atoms with Crippen molar-refractivity contribution in [3.05, 3.63) is 18.2 Å². The number of nitrogens with one attached hydrogen (secondary N) is 1. The highest BCUT2D eigenvalue weighted by Crippen LogP contribution is 2.41. The van der Waals surface area contributed by atoms with Crippen LogP contribution >= 0.6 is 11.6 Å². The normalized spacial score (nSPS) is 23.6. The van der Waals surface area contributed by atoms with E-state index < -0.39 is 5.56 Å². The molecule has 2 heterocycles. The molecule has 4 nitrogen and oxygen atoms in total. The van der Waals surface area contributed by atoms with Crippen LogP contribution in [0.4, 0.5) is 5.69 Å². The van der Waals surface area contributed by atoms with Gasteiger partial charge in [0.25, 0.3) is 0 Å². The van der Waals surface area contributed by atoms with Crippen molar-refractivity contribution in [2.45, 2.75) is 5.56 Å². The second kappa shape index (κ2) is 4.63. The summed E-state index contributed by atoms with van der Waals surface area (Å²) in [6.45, 7) is 4.35. The highest BCUT2D eigenvalue weighted by Gasteiger charge is 2.24. The monoisotopic (exact) mass is 254 g/mol. The zero-order valence-corrected chi connectivity index (χ0v) is 10.2. The number of anilines is 1. The van der Waals surface area contributed by atoms with Crippen molar-refractivity contribution in [3.63, 3.8) is 0 Å². The minimum absolute atomic E-state index is 0.397. The summed E-state index contributed by atoms with van der Waals surface area (Å²) < 4.78 is 11.3. The molecule has 1 aromatic rings. The van der Waals surface area contributed by atoms with Gasteiger partial charge < -0.3 is 19.7 Å². The lowest BCUT2D eigenvalue weighted by molar-refractivity contribution is 0.144. The lowest BCUT2D eigenvalue weighted by Gasteiger charge is -2.33. The third kappa shape index (κ3) is 2.15. The average Bonchev–Trinajstić information content (AvgIpc) is 2.39. The first-order chi connectivity index (χ1) is 8.34. The molecule has 0 aliphatic carbocycles. The summed E-state index contributed by atoms with van der Waals surface area (Å²) in [6.07, 6.45) is 0. The zero-order valence-electron chi connectivity index (χ0n) is 9.49. The number of hydrogen-bond donors (Lipinski definition) is 1. The van der Waals surface area contributed by atoms with E-state index in [1.807, 2.05) is 12.1 Å². The first-order valence-corrected chi connectivity index (χ1v) is 6.30. The number of nitrogens with zero attached hydrogens (tertiary/aromatic N) is 1. The fraction of sp³-hybridized carbons (Fsp3) is 0.500. The topological polar surface area (TPSA) is 33.7 Å². The minimum Gasteiger partial charge on any atom is -0.484 e. The van der Waals surface area contributed by atoms with Crippen LogP contribution in [0.15, 0.2) is 18.2 Å². The maximum atomic E-state index is 5.98. The summed E-state index contributed by atoms with van der Waals surface area (Å²) in [5.41, 5.74) is 0.681. The molecule has 0 amide bonds. The van der Waals surface area contributed by atoms with Gasteiger partial charge in [-0.3, -0.25) is 0 Å². The number of fused-ring (bicyclic) bond motifs is 1. The van der Waals surface area contributed by atoms with Crippen LogP contribution < -0.4 is 19.7 Å². The summed E-state index contributed by atoms with van der Waals surface area (Å²) in [5, 5.41) is 3.33. The van der Waals surface area contributed by atoms with Gasteiger partial charge in [-0.2, -0.15) is 0 Å². The Morgan fingerprint density at radius 3 is 2.94 bits per heavy atom. The molecule has 2 aliphatic rings. The number of para-hydroxylation sites is 1. The first kappa shape index (κ1) is 11.0. The summed E-state index contributed by atoms with van der Waals surface area (Å²) in [7, 11) is 0. The van der Waals surface area contributed by atoms with Crippen LogP contribution in [0.5, 0.6) is 11.5 Å². The zero-order chi connectivity index (χ0) is 11.7. The molecule has 0 bridgehead atoms. The molecule has 0 radical (unpaired) electrons. The van der Waals surface area contributed by atoms with E-state index in [0.717, 1.165) is 43.4 Å². The first-order valence-electron chi connectivity index (χ1n) is 5.87. The molecule has 1 unspecified atom stereocenters. The van der Waals surface area contributed by atoms with Crippen LogP contribution in [0.3, 0.4) is 0 Å². The molecular weight excluding hydrogens is 240 g/mol. The predicted octanol–water partition coefficient (Wildman–Crippen LogP) is 1.43. The number of alkyl halides is 1. The van der Waals surface area contributed by atoms with Gasteiger partial charge in [0.15, 0.2) is 11.5 Å². The van der Waals surface area contributed by atoms with E-state index in [1.54, 1.807) is 0 Å². The van der Waals surface area contributed by atoms with E-state index in [9.17, 15) is 0 Å². The maximum absolute atomic E-state index is 5.98. The lowest BCUT2D eigenvalue weighted by atomic mass is 10.2. The molecule has 2 aliphatic heterocycles. The Hall–Kier alpha value is -1.13. The smallest absolute Gasteiger partial charge is 0.206 e. The van der Waals surface area contributed by atoms with Gasteiger partial charge in [0.2, 0.25) is 5.56 Å². The van der Waals surface area contributed by atoms with Crippen LogP contribution in [0.25, 0.3) is 0 Å². The molecule has 0 spiro atoms. The predicted molar refractivity (Wildman–Crippen MR) is 67.3 cm³/mol.